The summed E-state index contributed by atoms with van der Waals surface area (Å²) < 4.78 is 0. The summed E-state index contributed by atoms with van der Waals surface area (Å²) in [6, 6.07) is 5.20. The molecule has 0 aromatic heterocycles. The van der Waals surface area contributed by atoms with Crippen molar-refractivity contribution in [2.24, 2.45) is 28.1 Å². The molecule has 6 amide bonds. The van der Waals surface area contributed by atoms with Gasteiger partial charge in [0.05, 0.1) is 6.54 Å². The maximum absolute atomic E-state index is 13.2. The van der Waals surface area contributed by atoms with Crippen molar-refractivity contribution in [2.75, 3.05) is 13.1 Å². The van der Waals surface area contributed by atoms with E-state index in [2.05, 4.69) is 31.6 Å². The van der Waals surface area contributed by atoms with Crippen LogP contribution in [0.15, 0.2) is 35.3 Å². The number of aliphatic imine (C=N–C) groups is 1. The molecule has 11 N–H and O–H groups in total. The second-order valence-electron chi connectivity index (χ2n) is 10.8. The number of guanidine groups is 1. The van der Waals surface area contributed by atoms with E-state index in [4.69, 9.17) is 17.2 Å². The van der Waals surface area contributed by atoms with Gasteiger partial charge in [-0.2, -0.15) is 0 Å². The largest absolute Gasteiger partial charge is 0.370 e. The van der Waals surface area contributed by atoms with Gasteiger partial charge in [0.15, 0.2) is 5.96 Å². The van der Waals surface area contributed by atoms with Crippen LogP contribution >= 0.6 is 0 Å². The molecule has 1 saturated heterocycles. The number of nitrogens with zero attached hydrogens (tertiary/aromatic N) is 1. The fourth-order valence-corrected chi connectivity index (χ4v) is 4.44. The van der Waals surface area contributed by atoms with E-state index in [9.17, 15) is 28.8 Å². The molecule has 1 aromatic rings. The van der Waals surface area contributed by atoms with Crippen LogP contribution in [-0.4, -0.2) is 78.7 Å². The van der Waals surface area contributed by atoms with Gasteiger partial charge < -0.3 is 43.8 Å². The van der Waals surface area contributed by atoms with Crippen LogP contribution in [0, 0.1) is 5.92 Å². The summed E-state index contributed by atoms with van der Waals surface area (Å²) in [5, 5.41) is 12.9. The first kappa shape index (κ1) is 34.5. The summed E-state index contributed by atoms with van der Waals surface area (Å²) in [7, 11) is 0. The van der Waals surface area contributed by atoms with Crippen LogP contribution in [0.25, 0.3) is 0 Å². The van der Waals surface area contributed by atoms with Gasteiger partial charge >= 0.3 is 0 Å². The van der Waals surface area contributed by atoms with E-state index < -0.39 is 60.2 Å². The average molecular weight is 602 g/mol. The van der Waals surface area contributed by atoms with Crippen molar-refractivity contribution in [3.8, 4) is 0 Å². The van der Waals surface area contributed by atoms with E-state index >= 15 is 0 Å². The molecule has 0 bridgehead atoms. The molecule has 1 aliphatic rings. The Bertz CT molecular complexity index is 1170. The maximum atomic E-state index is 13.2. The van der Waals surface area contributed by atoms with Gasteiger partial charge in [0.25, 0.3) is 0 Å². The molecule has 236 valence electrons. The lowest BCUT2D eigenvalue weighted by Crippen LogP contribution is -2.56. The summed E-state index contributed by atoms with van der Waals surface area (Å²) in [4.78, 5) is 78.9. The second-order valence-corrected chi connectivity index (χ2v) is 10.8. The molecular formula is C28H43N9O6. The van der Waals surface area contributed by atoms with Crippen LogP contribution in [0.1, 0.15) is 51.5 Å². The Morgan fingerprint density at radius 1 is 0.953 bits per heavy atom. The highest BCUT2D eigenvalue weighted by molar-refractivity contribution is 5.96. The monoisotopic (exact) mass is 601 g/mol. The number of hydrogen-bond acceptors (Lipinski definition) is 7. The molecule has 15 nitrogen and oxygen atoms in total. The number of carbonyl (C=O) groups excluding carboxylic acids is 6. The SMILES string of the molecule is CC(C)CC(NC(=O)C1CCC(=O)N1)C(=O)NCC(=O)NC(CCCN=C(N)N)C(=O)NC(Cc1ccccc1)C(N)=O. The third kappa shape index (κ3) is 12.8. The van der Waals surface area contributed by atoms with Crippen molar-refractivity contribution in [2.45, 2.75) is 76.5 Å². The summed E-state index contributed by atoms with van der Waals surface area (Å²) in [6.07, 6.45) is 1.46. The van der Waals surface area contributed by atoms with Crippen molar-refractivity contribution >= 4 is 41.4 Å². The number of hydrogen-bond donors (Lipinski definition) is 8. The Morgan fingerprint density at radius 3 is 2.23 bits per heavy atom. The van der Waals surface area contributed by atoms with Gasteiger partial charge in [-0.3, -0.25) is 33.8 Å². The first-order valence-electron chi connectivity index (χ1n) is 14.2. The van der Waals surface area contributed by atoms with Crippen LogP contribution < -0.4 is 43.8 Å². The summed E-state index contributed by atoms with van der Waals surface area (Å²) in [5.41, 5.74) is 17.0. The smallest absolute Gasteiger partial charge is 0.243 e. The minimum Gasteiger partial charge on any atom is -0.370 e. The minimum atomic E-state index is -1.09. The Balaban J connectivity index is 2.03. The molecule has 1 fully saturated rings. The molecule has 1 aromatic carbocycles. The van der Waals surface area contributed by atoms with Crippen LogP contribution in [0.4, 0.5) is 0 Å². The third-order valence-corrected chi connectivity index (χ3v) is 6.61. The first-order valence-corrected chi connectivity index (χ1v) is 14.2. The number of benzene rings is 1. The van der Waals surface area contributed by atoms with Crippen LogP contribution in [0.3, 0.4) is 0 Å². The first-order chi connectivity index (χ1) is 20.3. The highest BCUT2D eigenvalue weighted by Crippen LogP contribution is 2.10. The quantitative estimate of drug-likeness (QED) is 0.0544. The molecule has 1 aliphatic heterocycles. The minimum absolute atomic E-state index is 0.0374. The predicted molar refractivity (Wildman–Crippen MR) is 159 cm³/mol. The van der Waals surface area contributed by atoms with Gasteiger partial charge in [-0.05, 0) is 37.2 Å². The van der Waals surface area contributed by atoms with Gasteiger partial charge in [-0.15, -0.1) is 0 Å². The summed E-state index contributed by atoms with van der Waals surface area (Å²) in [5.74, 6) is -3.45. The molecule has 0 spiro atoms. The van der Waals surface area contributed by atoms with E-state index in [0.29, 0.717) is 19.3 Å². The number of primary amides is 1. The third-order valence-electron chi connectivity index (χ3n) is 6.61. The standard InChI is InChI=1S/C28H43N9O6/c1-16(2)13-21(37-27(43)19-10-11-22(38)34-19)25(41)33-15-23(39)35-18(9-6-12-32-28(30)31)26(42)36-20(24(29)40)14-17-7-4-3-5-8-17/h3-5,7-8,16,18-21H,6,9-15H2,1-2H3,(H2,29,40)(H,33,41)(H,34,38)(H,35,39)(H,36,42)(H,37,43)(H4,30,31,32). The fourth-order valence-electron chi connectivity index (χ4n) is 4.44. The van der Waals surface area contributed by atoms with Crippen molar-refractivity contribution < 1.29 is 28.8 Å². The summed E-state index contributed by atoms with van der Waals surface area (Å²) in [6.45, 7) is 3.46. The zero-order chi connectivity index (χ0) is 31.9. The molecule has 4 unspecified atom stereocenters. The van der Waals surface area contributed by atoms with Crippen LogP contribution in [-0.2, 0) is 35.2 Å². The molecular weight excluding hydrogens is 558 g/mol. The summed E-state index contributed by atoms with van der Waals surface area (Å²) >= 11 is 0. The Kier molecular flexibility index (Phi) is 13.9. The highest BCUT2D eigenvalue weighted by atomic mass is 16.2. The van der Waals surface area contributed by atoms with E-state index in [0.717, 1.165) is 5.56 Å². The lowest BCUT2D eigenvalue weighted by molar-refractivity contribution is -0.133. The molecule has 0 radical (unpaired) electrons. The van der Waals surface area contributed by atoms with Gasteiger partial charge in [0.2, 0.25) is 35.4 Å². The number of amides is 6. The molecule has 43 heavy (non-hydrogen) atoms. The number of rotatable bonds is 17. The van der Waals surface area contributed by atoms with E-state index in [1.165, 1.54) is 0 Å². The number of nitrogens with one attached hydrogen (secondary N) is 5. The van der Waals surface area contributed by atoms with Crippen LogP contribution in [0.5, 0.6) is 0 Å². The van der Waals surface area contributed by atoms with Gasteiger partial charge in [0.1, 0.15) is 24.2 Å². The second kappa shape index (κ2) is 17.3. The maximum Gasteiger partial charge on any atom is 0.243 e. The fraction of sp³-hybridized carbons (Fsp3) is 0.536. The number of nitrogens with two attached hydrogens (primary N) is 3. The molecule has 15 heteroatoms. The van der Waals surface area contributed by atoms with Gasteiger partial charge in [-0.25, -0.2) is 0 Å². The number of carbonyl (C=O) groups is 6. The van der Waals surface area contributed by atoms with Crippen LogP contribution in [0.2, 0.25) is 0 Å². The highest BCUT2D eigenvalue weighted by Gasteiger charge is 2.31. The molecule has 0 aliphatic carbocycles. The molecule has 2 rings (SSSR count). The zero-order valence-electron chi connectivity index (χ0n) is 24.6. The van der Waals surface area contributed by atoms with Crippen molar-refractivity contribution in [3.63, 3.8) is 0 Å². The average Bonchev–Trinajstić information content (AvgIpc) is 3.39. The lowest BCUT2D eigenvalue weighted by atomic mass is 10.0. The van der Waals surface area contributed by atoms with Crippen molar-refractivity contribution in [3.05, 3.63) is 35.9 Å². The van der Waals surface area contributed by atoms with Gasteiger partial charge in [0, 0.05) is 19.4 Å². The normalized spacial score (nSPS) is 16.3. The van der Waals surface area contributed by atoms with Crippen molar-refractivity contribution in [1.29, 1.82) is 0 Å². The zero-order valence-corrected chi connectivity index (χ0v) is 24.6. The lowest BCUT2D eigenvalue weighted by Gasteiger charge is -2.23. The Morgan fingerprint density at radius 2 is 1.65 bits per heavy atom. The topological polar surface area (TPSA) is 253 Å². The van der Waals surface area contributed by atoms with E-state index in [1.54, 1.807) is 24.3 Å². The van der Waals surface area contributed by atoms with Gasteiger partial charge in [-0.1, -0.05) is 44.2 Å². The predicted octanol–water partition coefficient (Wildman–Crippen LogP) is -2.34. The van der Waals surface area contributed by atoms with Crippen molar-refractivity contribution in [1.82, 2.24) is 26.6 Å². The Hall–Kier alpha value is -4.69. The molecule has 1 heterocycles. The van der Waals surface area contributed by atoms with E-state index in [1.807, 2.05) is 19.9 Å². The molecule has 0 saturated carbocycles. The van der Waals surface area contributed by atoms with E-state index in [-0.39, 0.29) is 43.6 Å². The Labute approximate surface area is 250 Å². The molecule has 4 atom stereocenters.